The lowest BCUT2D eigenvalue weighted by molar-refractivity contribution is 0.311. The molecular weight excluding hydrogens is 391 g/mol. The minimum atomic E-state index is -0.0531. The maximum Gasteiger partial charge on any atom is 0.141 e. The Labute approximate surface area is 166 Å². The van der Waals surface area contributed by atoms with Crippen molar-refractivity contribution in [1.29, 1.82) is 0 Å². The number of ether oxygens (including phenoxy) is 2. The van der Waals surface area contributed by atoms with Gasteiger partial charge in [-0.15, -0.1) is 0 Å². The first kappa shape index (κ1) is 19.3. The number of hydrogen-bond donors (Lipinski definition) is 3. The Balaban J connectivity index is 2.30. The van der Waals surface area contributed by atoms with Gasteiger partial charge in [-0.1, -0.05) is 23.2 Å². The van der Waals surface area contributed by atoms with Crippen LogP contribution in [-0.4, -0.2) is 42.4 Å². The van der Waals surface area contributed by atoms with Crippen LogP contribution in [0.25, 0.3) is 22.0 Å². The number of nitrogens with two attached hydrogens (primary N) is 1. The monoisotopic (exact) mass is 408 g/mol. The van der Waals surface area contributed by atoms with Crippen LogP contribution in [0.5, 0.6) is 11.5 Å². The Hall–Kier alpha value is -2.48. The van der Waals surface area contributed by atoms with Gasteiger partial charge in [-0.05, 0) is 12.1 Å². The molecule has 0 aliphatic heterocycles. The minimum Gasteiger partial charge on any atom is -0.495 e. The number of anilines is 2. The predicted molar refractivity (Wildman–Crippen MR) is 108 cm³/mol. The molecule has 1 aromatic carbocycles. The van der Waals surface area contributed by atoms with E-state index in [1.54, 1.807) is 24.4 Å². The summed E-state index contributed by atoms with van der Waals surface area (Å²) in [6.45, 7) is 0.263. The van der Waals surface area contributed by atoms with E-state index >= 15 is 0 Å². The van der Waals surface area contributed by atoms with E-state index in [9.17, 15) is 0 Å². The average Bonchev–Trinajstić information content (AvgIpc) is 2.66. The van der Waals surface area contributed by atoms with Gasteiger partial charge in [0, 0.05) is 35.1 Å². The molecule has 7 nitrogen and oxygen atoms in total. The van der Waals surface area contributed by atoms with Crippen LogP contribution in [0.2, 0.25) is 10.0 Å². The summed E-state index contributed by atoms with van der Waals surface area (Å²) < 4.78 is 10.7. The fourth-order valence-electron chi connectivity index (χ4n) is 2.71. The van der Waals surface area contributed by atoms with Crippen LogP contribution < -0.4 is 20.5 Å². The fourth-order valence-corrected chi connectivity index (χ4v) is 3.40. The highest BCUT2D eigenvalue weighted by atomic mass is 35.5. The second-order valence-corrected chi connectivity index (χ2v) is 6.38. The van der Waals surface area contributed by atoms with Gasteiger partial charge < -0.3 is 25.6 Å². The number of benzene rings is 1. The molecule has 0 saturated heterocycles. The number of aliphatic hydroxyl groups is 1. The highest BCUT2D eigenvalue weighted by Gasteiger charge is 2.21. The average molecular weight is 409 g/mol. The molecule has 2 heterocycles. The third kappa shape index (κ3) is 3.66. The zero-order valence-corrected chi connectivity index (χ0v) is 16.2. The first-order valence-electron chi connectivity index (χ1n) is 8.01. The lowest BCUT2D eigenvalue weighted by atomic mass is 10.1. The number of nitrogen functional groups attached to an aromatic ring is 1. The van der Waals surface area contributed by atoms with Crippen LogP contribution in [0.15, 0.2) is 24.4 Å². The molecule has 0 aliphatic rings. The van der Waals surface area contributed by atoms with E-state index < -0.39 is 0 Å². The number of hydrogen-bond acceptors (Lipinski definition) is 7. The summed E-state index contributed by atoms with van der Waals surface area (Å²) in [5.41, 5.74) is 6.78. The number of nitrogens with one attached hydrogen (secondary N) is 1. The van der Waals surface area contributed by atoms with E-state index in [-0.39, 0.29) is 6.61 Å². The summed E-state index contributed by atoms with van der Waals surface area (Å²) in [4.78, 5) is 8.77. The van der Waals surface area contributed by atoms with Crippen LogP contribution in [0.1, 0.15) is 0 Å². The highest BCUT2D eigenvalue weighted by Crippen LogP contribution is 2.46. The smallest absolute Gasteiger partial charge is 0.141 e. The van der Waals surface area contributed by atoms with Crippen LogP contribution in [0.3, 0.4) is 0 Å². The quantitative estimate of drug-likeness (QED) is 0.572. The van der Waals surface area contributed by atoms with Gasteiger partial charge in [0.15, 0.2) is 0 Å². The number of aliphatic hydroxyl groups excluding tert-OH is 1. The van der Waals surface area contributed by atoms with Gasteiger partial charge in [-0.3, -0.25) is 0 Å². The summed E-state index contributed by atoms with van der Waals surface area (Å²) in [6, 6.07) is 5.13. The van der Waals surface area contributed by atoms with Crippen molar-refractivity contribution in [3.63, 3.8) is 0 Å². The summed E-state index contributed by atoms with van der Waals surface area (Å²) in [6.07, 6.45) is 1.64. The molecule has 0 aliphatic carbocycles. The molecule has 0 spiro atoms. The molecule has 27 heavy (non-hydrogen) atoms. The lowest BCUT2D eigenvalue weighted by Gasteiger charge is -2.16. The van der Waals surface area contributed by atoms with E-state index in [0.717, 1.165) is 10.8 Å². The van der Waals surface area contributed by atoms with Gasteiger partial charge in [0.05, 0.1) is 36.6 Å². The van der Waals surface area contributed by atoms with Gasteiger partial charge in [-0.2, -0.15) is 0 Å². The van der Waals surface area contributed by atoms with E-state index in [0.29, 0.717) is 51.0 Å². The lowest BCUT2D eigenvalue weighted by Crippen LogP contribution is -2.08. The Kier molecular flexibility index (Phi) is 5.74. The van der Waals surface area contributed by atoms with Gasteiger partial charge in [0.1, 0.15) is 23.1 Å². The zero-order valence-electron chi connectivity index (χ0n) is 14.7. The second kappa shape index (κ2) is 8.04. The molecular formula is C18H18Cl2N4O3. The zero-order chi connectivity index (χ0) is 19.6. The minimum absolute atomic E-state index is 0.0531. The number of aromatic nitrogens is 2. The Morgan fingerprint density at radius 1 is 1.11 bits per heavy atom. The van der Waals surface area contributed by atoms with Crippen molar-refractivity contribution in [2.75, 3.05) is 38.4 Å². The highest BCUT2D eigenvalue weighted by molar-refractivity contribution is 6.41. The normalized spacial score (nSPS) is 10.9. The second-order valence-electron chi connectivity index (χ2n) is 5.62. The molecule has 0 atom stereocenters. The van der Waals surface area contributed by atoms with Gasteiger partial charge in [-0.25, -0.2) is 9.97 Å². The molecule has 9 heteroatoms. The number of rotatable bonds is 6. The van der Waals surface area contributed by atoms with Crippen LogP contribution in [-0.2, 0) is 0 Å². The Bertz CT molecular complexity index is 970. The van der Waals surface area contributed by atoms with Crippen LogP contribution in [0, 0.1) is 0 Å². The first-order valence-corrected chi connectivity index (χ1v) is 8.77. The topological polar surface area (TPSA) is 103 Å². The Morgan fingerprint density at radius 2 is 1.78 bits per heavy atom. The molecule has 0 unspecified atom stereocenters. The van der Waals surface area contributed by atoms with Crippen molar-refractivity contribution in [2.24, 2.45) is 0 Å². The maximum absolute atomic E-state index is 9.16. The number of nitrogens with zero attached hydrogens (tertiary/aromatic N) is 2. The summed E-state index contributed by atoms with van der Waals surface area (Å²) in [5.74, 6) is 1.72. The number of halogens is 2. The Morgan fingerprint density at radius 3 is 2.37 bits per heavy atom. The van der Waals surface area contributed by atoms with E-state index in [2.05, 4.69) is 15.3 Å². The van der Waals surface area contributed by atoms with Crippen molar-refractivity contribution in [1.82, 2.24) is 9.97 Å². The van der Waals surface area contributed by atoms with E-state index in [1.165, 1.54) is 14.2 Å². The van der Waals surface area contributed by atoms with E-state index in [1.807, 2.05) is 0 Å². The van der Waals surface area contributed by atoms with Gasteiger partial charge >= 0.3 is 0 Å². The van der Waals surface area contributed by atoms with Crippen molar-refractivity contribution in [2.45, 2.75) is 0 Å². The van der Waals surface area contributed by atoms with Gasteiger partial charge in [0.2, 0.25) is 0 Å². The van der Waals surface area contributed by atoms with E-state index in [4.69, 9.17) is 43.5 Å². The van der Waals surface area contributed by atoms with Crippen LogP contribution >= 0.6 is 23.2 Å². The number of methoxy groups -OCH3 is 2. The summed E-state index contributed by atoms with van der Waals surface area (Å²) in [5, 5.41) is 14.4. The van der Waals surface area contributed by atoms with Crippen molar-refractivity contribution >= 4 is 45.6 Å². The molecule has 0 radical (unpaired) electrons. The third-order valence-electron chi connectivity index (χ3n) is 3.97. The van der Waals surface area contributed by atoms with Crippen molar-refractivity contribution < 1.29 is 14.6 Å². The summed E-state index contributed by atoms with van der Waals surface area (Å²) >= 11 is 13.0. The van der Waals surface area contributed by atoms with Crippen LogP contribution in [0.4, 0.5) is 11.6 Å². The molecule has 0 fully saturated rings. The predicted octanol–water partition coefficient (Wildman–Crippen LogP) is 3.61. The molecule has 0 bridgehead atoms. The fraction of sp³-hybridized carbons (Fsp3) is 0.222. The number of fused-ring (bicyclic) bond motifs is 1. The molecule has 4 N–H and O–H groups in total. The molecule has 2 aromatic heterocycles. The van der Waals surface area contributed by atoms with Gasteiger partial charge in [0.25, 0.3) is 0 Å². The molecule has 3 rings (SSSR count). The third-order valence-corrected chi connectivity index (χ3v) is 4.72. The summed E-state index contributed by atoms with van der Waals surface area (Å²) in [7, 11) is 3.01. The van der Waals surface area contributed by atoms with Crippen molar-refractivity contribution in [3.05, 3.63) is 34.4 Å². The molecule has 0 saturated carbocycles. The van der Waals surface area contributed by atoms with Crippen molar-refractivity contribution in [3.8, 4) is 22.8 Å². The maximum atomic E-state index is 9.16. The standard InChI is InChI=1S/C18H18Cl2N4O3/c1-26-12-7-13(27-2)17(20)15(16(12)19)11-5-9-8-23-14(21)6-10(9)18(24-11)22-3-4-25/h5-8,25H,3-4H2,1-2H3,(H2,21,23)(H,22,24). The first-order chi connectivity index (χ1) is 13.0. The molecule has 3 aromatic rings. The SMILES string of the molecule is COc1cc(OC)c(Cl)c(-c2cc3cnc(N)cc3c(NCCO)n2)c1Cl. The molecule has 0 amide bonds. The molecule has 142 valence electrons. The number of pyridine rings is 2. The largest absolute Gasteiger partial charge is 0.495 e.